The molecule has 12 heavy (non-hydrogen) atoms. The van der Waals surface area contributed by atoms with Crippen LogP contribution in [0.15, 0.2) is 0 Å². The molecule has 0 amide bonds. The highest BCUT2D eigenvalue weighted by Crippen LogP contribution is 2.16. The Morgan fingerprint density at radius 3 is 2.50 bits per heavy atom. The van der Waals surface area contributed by atoms with E-state index in [9.17, 15) is 0 Å². The Balaban J connectivity index is 3.94. The molecular formula is C10H19NO. The Bertz CT molecular complexity index is 158. The first-order valence-electron chi connectivity index (χ1n) is 4.21. The fourth-order valence-corrected chi connectivity index (χ4v) is 1.10. The lowest BCUT2D eigenvalue weighted by atomic mass is 9.97. The summed E-state index contributed by atoms with van der Waals surface area (Å²) in [4.78, 5) is 0. The van der Waals surface area contributed by atoms with Gasteiger partial charge in [0.15, 0.2) is 0 Å². The van der Waals surface area contributed by atoms with E-state index in [1.807, 2.05) is 7.05 Å². The zero-order valence-corrected chi connectivity index (χ0v) is 8.48. The van der Waals surface area contributed by atoms with Crippen molar-refractivity contribution in [1.29, 1.82) is 0 Å². The van der Waals surface area contributed by atoms with E-state index in [1.54, 1.807) is 7.11 Å². The molecule has 0 aromatic heterocycles. The summed E-state index contributed by atoms with van der Waals surface area (Å²) in [6.07, 6.45) is 6.92. The number of nitrogens with one attached hydrogen (secondary N) is 1. The van der Waals surface area contributed by atoms with Crippen LogP contribution in [0.4, 0.5) is 0 Å². The minimum atomic E-state index is -0.0927. The standard InChI is InChI=1S/C10H19NO/c1-6-7-9(11-4)8-10(2,3)12-5/h1,9,11H,7-8H2,2-5H3. The van der Waals surface area contributed by atoms with Crippen molar-refractivity contribution >= 4 is 0 Å². The summed E-state index contributed by atoms with van der Waals surface area (Å²) in [6.45, 7) is 4.13. The molecule has 0 aliphatic heterocycles. The third-order valence-electron chi connectivity index (χ3n) is 2.06. The molecule has 0 aromatic rings. The quantitative estimate of drug-likeness (QED) is 0.628. The lowest BCUT2D eigenvalue weighted by molar-refractivity contribution is 0.00810. The molecule has 0 bridgehead atoms. The monoisotopic (exact) mass is 169 g/mol. The van der Waals surface area contributed by atoms with Crippen LogP contribution in [0.1, 0.15) is 26.7 Å². The molecule has 1 unspecified atom stereocenters. The maximum atomic E-state index is 5.31. The van der Waals surface area contributed by atoms with E-state index in [0.717, 1.165) is 12.8 Å². The molecule has 0 radical (unpaired) electrons. The Morgan fingerprint density at radius 1 is 1.58 bits per heavy atom. The number of hydrogen-bond donors (Lipinski definition) is 1. The van der Waals surface area contributed by atoms with Gasteiger partial charge in [0.25, 0.3) is 0 Å². The topological polar surface area (TPSA) is 21.3 Å². The summed E-state index contributed by atoms with van der Waals surface area (Å²) < 4.78 is 5.31. The van der Waals surface area contributed by atoms with Gasteiger partial charge in [-0.15, -0.1) is 12.3 Å². The molecule has 1 atom stereocenters. The van der Waals surface area contributed by atoms with Crippen LogP contribution in [0.2, 0.25) is 0 Å². The predicted octanol–water partition coefficient (Wildman–Crippen LogP) is 1.41. The molecule has 0 fully saturated rings. The number of hydrogen-bond acceptors (Lipinski definition) is 2. The van der Waals surface area contributed by atoms with Gasteiger partial charge in [-0.3, -0.25) is 0 Å². The number of terminal acetylenes is 1. The molecule has 0 spiro atoms. The maximum absolute atomic E-state index is 5.31. The number of rotatable bonds is 5. The summed E-state index contributed by atoms with van der Waals surface area (Å²) in [7, 11) is 3.65. The lowest BCUT2D eigenvalue weighted by Gasteiger charge is -2.27. The van der Waals surface area contributed by atoms with Crippen molar-refractivity contribution in [2.24, 2.45) is 0 Å². The van der Waals surface area contributed by atoms with Gasteiger partial charge in [-0.1, -0.05) is 0 Å². The molecule has 0 aromatic carbocycles. The highest BCUT2D eigenvalue weighted by molar-refractivity contribution is 4.91. The molecule has 0 aliphatic rings. The largest absolute Gasteiger partial charge is 0.379 e. The first-order valence-corrected chi connectivity index (χ1v) is 4.21. The highest BCUT2D eigenvalue weighted by Gasteiger charge is 2.20. The average Bonchev–Trinajstić information content (AvgIpc) is 2.03. The van der Waals surface area contributed by atoms with Crippen molar-refractivity contribution in [3.63, 3.8) is 0 Å². The van der Waals surface area contributed by atoms with Gasteiger partial charge in [-0.05, 0) is 27.3 Å². The van der Waals surface area contributed by atoms with Gasteiger partial charge < -0.3 is 10.1 Å². The third kappa shape index (κ3) is 4.38. The van der Waals surface area contributed by atoms with Crippen LogP contribution in [-0.4, -0.2) is 25.8 Å². The third-order valence-corrected chi connectivity index (χ3v) is 2.06. The first-order chi connectivity index (χ1) is 5.55. The van der Waals surface area contributed by atoms with Crippen LogP contribution in [0.25, 0.3) is 0 Å². The summed E-state index contributed by atoms with van der Waals surface area (Å²) in [5.41, 5.74) is -0.0927. The molecule has 0 saturated heterocycles. The van der Waals surface area contributed by atoms with Crippen LogP contribution >= 0.6 is 0 Å². The Morgan fingerprint density at radius 2 is 2.17 bits per heavy atom. The van der Waals surface area contributed by atoms with Crippen molar-refractivity contribution in [2.75, 3.05) is 14.2 Å². The number of ether oxygens (including phenoxy) is 1. The highest BCUT2D eigenvalue weighted by atomic mass is 16.5. The van der Waals surface area contributed by atoms with Crippen molar-refractivity contribution in [3.8, 4) is 12.3 Å². The van der Waals surface area contributed by atoms with Crippen LogP contribution in [0.5, 0.6) is 0 Å². The Labute approximate surface area is 75.7 Å². The zero-order valence-electron chi connectivity index (χ0n) is 8.48. The van der Waals surface area contributed by atoms with Gasteiger partial charge >= 0.3 is 0 Å². The fourth-order valence-electron chi connectivity index (χ4n) is 1.10. The predicted molar refractivity (Wildman–Crippen MR) is 52.0 cm³/mol. The minimum absolute atomic E-state index is 0.0927. The van der Waals surface area contributed by atoms with Gasteiger partial charge in [-0.2, -0.15) is 0 Å². The summed E-state index contributed by atoms with van der Waals surface area (Å²) >= 11 is 0. The molecule has 70 valence electrons. The zero-order chi connectivity index (χ0) is 9.61. The average molecular weight is 169 g/mol. The minimum Gasteiger partial charge on any atom is -0.379 e. The second-order valence-electron chi connectivity index (χ2n) is 3.56. The van der Waals surface area contributed by atoms with Crippen molar-refractivity contribution < 1.29 is 4.74 Å². The lowest BCUT2D eigenvalue weighted by Crippen LogP contribution is -2.35. The Kier molecular flexibility index (Phi) is 4.96. The summed E-state index contributed by atoms with van der Waals surface area (Å²) in [5, 5.41) is 3.17. The Hall–Kier alpha value is -0.520. The van der Waals surface area contributed by atoms with Crippen molar-refractivity contribution in [3.05, 3.63) is 0 Å². The first kappa shape index (κ1) is 11.5. The van der Waals surface area contributed by atoms with Gasteiger partial charge in [0.05, 0.1) is 5.60 Å². The molecule has 2 heteroatoms. The van der Waals surface area contributed by atoms with Crippen molar-refractivity contribution in [1.82, 2.24) is 5.32 Å². The van der Waals surface area contributed by atoms with Crippen LogP contribution in [0.3, 0.4) is 0 Å². The van der Waals surface area contributed by atoms with E-state index < -0.39 is 0 Å². The molecule has 0 saturated carbocycles. The van der Waals surface area contributed by atoms with Crippen LogP contribution in [0, 0.1) is 12.3 Å². The smallest absolute Gasteiger partial charge is 0.0637 e. The van der Waals surface area contributed by atoms with Gasteiger partial charge in [-0.25, -0.2) is 0 Å². The second-order valence-corrected chi connectivity index (χ2v) is 3.56. The van der Waals surface area contributed by atoms with E-state index in [2.05, 4.69) is 25.1 Å². The van der Waals surface area contributed by atoms with Crippen LogP contribution < -0.4 is 5.32 Å². The van der Waals surface area contributed by atoms with Gasteiger partial charge in [0.2, 0.25) is 0 Å². The van der Waals surface area contributed by atoms with Gasteiger partial charge in [0, 0.05) is 19.6 Å². The second kappa shape index (κ2) is 5.18. The molecule has 0 heterocycles. The van der Waals surface area contributed by atoms with E-state index >= 15 is 0 Å². The van der Waals surface area contributed by atoms with E-state index in [-0.39, 0.29) is 5.60 Å². The SMILES string of the molecule is C#CCC(CC(C)(C)OC)NC. The number of methoxy groups -OCH3 is 1. The summed E-state index contributed by atoms with van der Waals surface area (Å²) in [5.74, 6) is 2.65. The molecule has 1 N–H and O–H groups in total. The van der Waals surface area contributed by atoms with E-state index in [1.165, 1.54) is 0 Å². The molecular weight excluding hydrogens is 150 g/mol. The summed E-state index contributed by atoms with van der Waals surface area (Å²) in [6, 6.07) is 0.352. The van der Waals surface area contributed by atoms with Crippen molar-refractivity contribution in [2.45, 2.75) is 38.3 Å². The van der Waals surface area contributed by atoms with Gasteiger partial charge in [0.1, 0.15) is 0 Å². The molecule has 0 rings (SSSR count). The van der Waals surface area contributed by atoms with Crippen LogP contribution in [-0.2, 0) is 4.74 Å². The van der Waals surface area contributed by atoms with E-state index in [0.29, 0.717) is 6.04 Å². The molecule has 0 aliphatic carbocycles. The maximum Gasteiger partial charge on any atom is 0.0637 e. The normalized spacial score (nSPS) is 13.9. The fraction of sp³-hybridized carbons (Fsp3) is 0.800. The molecule has 2 nitrogen and oxygen atoms in total. The van der Waals surface area contributed by atoms with E-state index in [4.69, 9.17) is 11.2 Å².